The van der Waals surface area contributed by atoms with Crippen LogP contribution >= 0.6 is 0 Å². The summed E-state index contributed by atoms with van der Waals surface area (Å²) < 4.78 is 15.6. The minimum absolute atomic E-state index is 0.205. The first-order valence-corrected chi connectivity index (χ1v) is 12.1. The number of nitrogens with one attached hydrogen (secondary N) is 3. The summed E-state index contributed by atoms with van der Waals surface area (Å²) in [5.74, 6) is 1.30. The fourth-order valence-corrected chi connectivity index (χ4v) is 3.43. The molecular formula is C28H32N6O5. The number of nitrogens with two attached hydrogens (primary N) is 1. The third-order valence-corrected chi connectivity index (χ3v) is 5.40. The Hall–Kier alpha value is -5.06. The van der Waals surface area contributed by atoms with Gasteiger partial charge in [0.05, 0.1) is 33.8 Å². The molecule has 0 fully saturated rings. The Balaban J connectivity index is 1.38. The van der Waals surface area contributed by atoms with Gasteiger partial charge in [0.2, 0.25) is 5.91 Å². The molecule has 0 spiro atoms. The van der Waals surface area contributed by atoms with E-state index in [9.17, 15) is 9.59 Å². The molecule has 204 valence electrons. The molecule has 11 nitrogen and oxygen atoms in total. The second kappa shape index (κ2) is 14.6. The van der Waals surface area contributed by atoms with Gasteiger partial charge in [-0.3, -0.25) is 9.59 Å². The molecule has 11 heteroatoms. The van der Waals surface area contributed by atoms with Crippen molar-refractivity contribution in [2.75, 3.05) is 38.9 Å². The average Bonchev–Trinajstić information content (AvgIpc) is 2.95. The van der Waals surface area contributed by atoms with Gasteiger partial charge in [-0.25, -0.2) is 10.9 Å². The van der Waals surface area contributed by atoms with Crippen molar-refractivity contribution >= 4 is 35.6 Å². The molecule has 0 saturated heterocycles. The Kier molecular flexibility index (Phi) is 10.7. The standard InChI is InChI=1S/C28H32N6O5/c1-37-24-12-19(11-22(29)15-24)17-31-33-27(35)5-4-10-30-23-8-6-21(7-9-23)28(36)34-32-18-20-13-25(38-2)16-26(14-20)39-3/h6-9,11-18,30H,4-5,10,29H2,1-3H3,(H,33,35)(H,34,36)/b31-17+,32-18+. The molecule has 3 aromatic carbocycles. The van der Waals surface area contributed by atoms with Crippen LogP contribution in [0, 0.1) is 0 Å². The van der Waals surface area contributed by atoms with Crippen LogP contribution in [0.5, 0.6) is 17.2 Å². The highest BCUT2D eigenvalue weighted by Crippen LogP contribution is 2.21. The predicted molar refractivity (Wildman–Crippen MR) is 152 cm³/mol. The zero-order chi connectivity index (χ0) is 28.0. The molecule has 0 unspecified atom stereocenters. The summed E-state index contributed by atoms with van der Waals surface area (Å²) in [6.45, 7) is 0.573. The van der Waals surface area contributed by atoms with Gasteiger partial charge in [-0.1, -0.05) is 0 Å². The van der Waals surface area contributed by atoms with E-state index in [4.69, 9.17) is 19.9 Å². The first-order chi connectivity index (χ1) is 18.9. The van der Waals surface area contributed by atoms with E-state index in [1.165, 1.54) is 12.4 Å². The number of benzene rings is 3. The first kappa shape index (κ1) is 28.5. The van der Waals surface area contributed by atoms with Crippen molar-refractivity contribution in [2.45, 2.75) is 12.8 Å². The van der Waals surface area contributed by atoms with Crippen molar-refractivity contribution in [1.29, 1.82) is 0 Å². The van der Waals surface area contributed by atoms with Crippen LogP contribution in [0.3, 0.4) is 0 Å². The van der Waals surface area contributed by atoms with Crippen LogP contribution in [0.25, 0.3) is 0 Å². The highest BCUT2D eigenvalue weighted by Gasteiger charge is 2.05. The van der Waals surface area contributed by atoms with Crippen molar-refractivity contribution in [3.05, 3.63) is 77.4 Å². The van der Waals surface area contributed by atoms with Gasteiger partial charge >= 0.3 is 0 Å². The monoisotopic (exact) mass is 532 g/mol. The average molecular weight is 533 g/mol. The zero-order valence-corrected chi connectivity index (χ0v) is 22.1. The number of hydrogen-bond donors (Lipinski definition) is 4. The van der Waals surface area contributed by atoms with E-state index in [2.05, 4.69) is 26.4 Å². The van der Waals surface area contributed by atoms with Gasteiger partial charge < -0.3 is 25.3 Å². The lowest BCUT2D eigenvalue weighted by Crippen LogP contribution is -2.18. The van der Waals surface area contributed by atoms with Gasteiger partial charge in [-0.05, 0) is 55.0 Å². The second-order valence-corrected chi connectivity index (χ2v) is 8.29. The van der Waals surface area contributed by atoms with Crippen molar-refractivity contribution in [3.8, 4) is 17.2 Å². The highest BCUT2D eigenvalue weighted by molar-refractivity contribution is 5.95. The van der Waals surface area contributed by atoms with E-state index >= 15 is 0 Å². The number of nitrogens with zero attached hydrogens (tertiary/aromatic N) is 2. The highest BCUT2D eigenvalue weighted by atomic mass is 16.5. The topological polar surface area (TPSA) is 149 Å². The lowest BCUT2D eigenvalue weighted by atomic mass is 10.2. The van der Waals surface area contributed by atoms with Gasteiger partial charge in [0, 0.05) is 53.2 Å². The Morgan fingerprint density at radius 2 is 1.36 bits per heavy atom. The quantitative estimate of drug-likeness (QED) is 0.114. The largest absolute Gasteiger partial charge is 0.497 e. The van der Waals surface area contributed by atoms with Gasteiger partial charge in [0.15, 0.2) is 0 Å². The number of amides is 2. The molecular weight excluding hydrogens is 500 g/mol. The molecule has 3 rings (SSSR count). The van der Waals surface area contributed by atoms with E-state index in [-0.39, 0.29) is 11.8 Å². The Bertz CT molecular complexity index is 1300. The number of methoxy groups -OCH3 is 3. The summed E-state index contributed by atoms with van der Waals surface area (Å²) in [6, 6.07) is 17.4. The fourth-order valence-electron chi connectivity index (χ4n) is 3.43. The van der Waals surface area contributed by atoms with Gasteiger partial charge in [0.1, 0.15) is 17.2 Å². The minimum Gasteiger partial charge on any atom is -0.497 e. The molecule has 2 amide bonds. The van der Waals surface area contributed by atoms with Crippen LogP contribution in [0.4, 0.5) is 11.4 Å². The number of anilines is 2. The first-order valence-electron chi connectivity index (χ1n) is 12.1. The molecule has 0 aliphatic heterocycles. The Morgan fingerprint density at radius 1 is 0.795 bits per heavy atom. The number of ether oxygens (including phenoxy) is 3. The van der Waals surface area contributed by atoms with Crippen LogP contribution in [-0.4, -0.2) is 52.1 Å². The van der Waals surface area contributed by atoms with E-state index in [0.717, 1.165) is 11.3 Å². The molecule has 0 bridgehead atoms. The molecule has 3 aromatic rings. The van der Waals surface area contributed by atoms with Crippen LogP contribution in [0.1, 0.15) is 34.3 Å². The molecule has 0 aromatic heterocycles. The fraction of sp³-hybridized carbons (Fsp3) is 0.214. The van der Waals surface area contributed by atoms with Crippen molar-refractivity contribution < 1.29 is 23.8 Å². The number of hydrazone groups is 2. The van der Waals surface area contributed by atoms with E-state index in [1.54, 1.807) is 82.0 Å². The lowest BCUT2D eigenvalue weighted by molar-refractivity contribution is -0.121. The predicted octanol–water partition coefficient (Wildman–Crippen LogP) is 3.40. The molecule has 5 N–H and O–H groups in total. The summed E-state index contributed by atoms with van der Waals surface area (Å²) in [5, 5.41) is 11.2. The number of hydrogen-bond acceptors (Lipinski definition) is 9. The summed E-state index contributed by atoms with van der Waals surface area (Å²) in [4.78, 5) is 24.4. The summed E-state index contributed by atoms with van der Waals surface area (Å²) in [5.41, 5.74) is 14.1. The van der Waals surface area contributed by atoms with Gasteiger partial charge in [0.25, 0.3) is 5.91 Å². The van der Waals surface area contributed by atoms with Gasteiger partial charge in [-0.15, -0.1) is 0 Å². The summed E-state index contributed by atoms with van der Waals surface area (Å²) in [6.07, 6.45) is 3.91. The van der Waals surface area contributed by atoms with E-state index in [0.29, 0.717) is 53.4 Å². The maximum atomic E-state index is 12.4. The molecule has 0 heterocycles. The van der Waals surface area contributed by atoms with E-state index < -0.39 is 0 Å². The maximum Gasteiger partial charge on any atom is 0.271 e. The van der Waals surface area contributed by atoms with Crippen LogP contribution in [-0.2, 0) is 4.79 Å². The lowest BCUT2D eigenvalue weighted by Gasteiger charge is -2.07. The molecule has 0 radical (unpaired) electrons. The number of nitrogen functional groups attached to an aromatic ring is 1. The normalized spacial score (nSPS) is 10.8. The molecule has 0 aliphatic rings. The summed E-state index contributed by atoms with van der Waals surface area (Å²) in [7, 11) is 4.67. The van der Waals surface area contributed by atoms with Crippen LogP contribution < -0.4 is 36.1 Å². The molecule has 0 saturated carbocycles. The molecule has 0 aliphatic carbocycles. The minimum atomic E-state index is -0.346. The summed E-state index contributed by atoms with van der Waals surface area (Å²) >= 11 is 0. The van der Waals surface area contributed by atoms with Crippen molar-refractivity contribution in [2.24, 2.45) is 10.2 Å². The van der Waals surface area contributed by atoms with Crippen LogP contribution in [0.15, 0.2) is 70.9 Å². The third-order valence-electron chi connectivity index (χ3n) is 5.40. The second-order valence-electron chi connectivity index (χ2n) is 8.29. The number of carbonyl (C=O) groups excluding carboxylic acids is 2. The smallest absolute Gasteiger partial charge is 0.271 e. The van der Waals surface area contributed by atoms with Crippen LogP contribution in [0.2, 0.25) is 0 Å². The zero-order valence-electron chi connectivity index (χ0n) is 22.1. The maximum absolute atomic E-state index is 12.4. The SMILES string of the molecule is COc1cc(N)cc(/C=N/NC(=O)CCCNc2ccc(C(=O)N/N=C/c3cc(OC)cc(OC)c3)cc2)c1. The van der Waals surface area contributed by atoms with E-state index in [1.807, 2.05) is 0 Å². The Morgan fingerprint density at radius 3 is 1.97 bits per heavy atom. The number of carbonyl (C=O) groups is 2. The Labute approximate surface area is 227 Å². The number of rotatable bonds is 13. The van der Waals surface area contributed by atoms with Crippen molar-refractivity contribution in [1.82, 2.24) is 10.9 Å². The van der Waals surface area contributed by atoms with Gasteiger partial charge in [-0.2, -0.15) is 10.2 Å². The third kappa shape index (κ3) is 9.39. The molecule has 39 heavy (non-hydrogen) atoms. The van der Waals surface area contributed by atoms with Crippen molar-refractivity contribution in [3.63, 3.8) is 0 Å². The molecule has 0 atom stereocenters.